The molecule has 0 saturated heterocycles. The third-order valence-corrected chi connectivity index (χ3v) is 7.57. The third-order valence-electron chi connectivity index (χ3n) is 5.76. The Morgan fingerprint density at radius 1 is 0.808 bits per heavy atom. The molecule has 0 bridgehead atoms. The van der Waals surface area contributed by atoms with Gasteiger partial charge in [-0.2, -0.15) is 0 Å². The van der Waals surface area contributed by atoms with Crippen LogP contribution in [0.2, 0.25) is 0 Å². The molecule has 0 aromatic carbocycles. The lowest BCUT2D eigenvalue weighted by Crippen LogP contribution is -2.55. The maximum Gasteiger partial charge on any atom is 0.376 e. The Morgan fingerprint density at radius 2 is 1.27 bits per heavy atom. The summed E-state index contributed by atoms with van der Waals surface area (Å²) in [7, 11) is 3.62. The van der Waals surface area contributed by atoms with E-state index in [1.165, 1.54) is 57.8 Å². The lowest BCUT2D eigenvalue weighted by atomic mass is 10.0. The molecule has 0 aromatic rings. The van der Waals surface area contributed by atoms with E-state index in [1.54, 1.807) is 0 Å². The van der Waals surface area contributed by atoms with Gasteiger partial charge < -0.3 is 4.89 Å². The Bertz CT molecular complexity index is 390. The van der Waals surface area contributed by atoms with Gasteiger partial charge in [0.2, 0.25) is 0 Å². The average molecular weight is 387 g/mol. The first-order valence-electron chi connectivity index (χ1n) is 10.9. The number of nitrogens with zero attached hydrogens (tertiary/aromatic N) is 1. The lowest BCUT2D eigenvalue weighted by Gasteiger charge is -2.39. The lowest BCUT2D eigenvalue weighted by molar-refractivity contribution is -0.910. The van der Waals surface area contributed by atoms with Gasteiger partial charge in [-0.25, -0.2) is 0 Å². The van der Waals surface area contributed by atoms with Crippen molar-refractivity contribution in [1.82, 2.24) is 0 Å². The highest BCUT2D eigenvalue weighted by molar-refractivity contribution is 7.38. The van der Waals surface area contributed by atoms with E-state index in [1.807, 2.05) is 28.1 Å². The SMILES string of the molecule is CCC=CCCCCCCCCCCCCC(CC)([P+](=O)[O-])[N+](C)(C)C. The van der Waals surface area contributed by atoms with Crippen molar-refractivity contribution in [2.24, 2.45) is 0 Å². The summed E-state index contributed by atoms with van der Waals surface area (Å²) in [5.41, 5.74) is 0. The van der Waals surface area contributed by atoms with Crippen LogP contribution in [0.1, 0.15) is 104 Å². The maximum absolute atomic E-state index is 11.9. The quantitative estimate of drug-likeness (QED) is 0.123. The van der Waals surface area contributed by atoms with E-state index >= 15 is 0 Å². The minimum atomic E-state index is -2.41. The molecule has 0 aliphatic rings. The second-order valence-electron chi connectivity index (χ2n) is 8.56. The van der Waals surface area contributed by atoms with Crippen LogP contribution >= 0.6 is 8.03 Å². The van der Waals surface area contributed by atoms with Crippen LogP contribution in [0.3, 0.4) is 0 Å². The van der Waals surface area contributed by atoms with Crippen LogP contribution in [0.15, 0.2) is 12.2 Å². The minimum absolute atomic E-state index is 0.510. The summed E-state index contributed by atoms with van der Waals surface area (Å²) in [5, 5.41) is -0.596. The topological polar surface area (TPSA) is 40.1 Å². The Balaban J connectivity index is 3.69. The predicted octanol–water partition coefficient (Wildman–Crippen LogP) is 6.55. The van der Waals surface area contributed by atoms with E-state index in [0.717, 1.165) is 25.7 Å². The van der Waals surface area contributed by atoms with Crippen LogP contribution in [0.5, 0.6) is 0 Å². The maximum atomic E-state index is 11.9. The molecule has 0 heterocycles. The molecule has 0 spiro atoms. The fourth-order valence-corrected chi connectivity index (χ4v) is 4.91. The van der Waals surface area contributed by atoms with Gasteiger partial charge in [0.05, 0.1) is 21.1 Å². The zero-order valence-corrected chi connectivity index (χ0v) is 19.2. The second kappa shape index (κ2) is 14.8. The van der Waals surface area contributed by atoms with Gasteiger partial charge in [-0.3, -0.25) is 4.48 Å². The number of hydrogen-bond donors (Lipinski definition) is 0. The number of unbranched alkanes of at least 4 members (excludes halogenated alkanes) is 10. The molecule has 0 saturated carbocycles. The summed E-state index contributed by atoms with van der Waals surface area (Å²) in [5.74, 6) is 0. The van der Waals surface area contributed by atoms with E-state index in [4.69, 9.17) is 0 Å². The van der Waals surface area contributed by atoms with E-state index < -0.39 is 13.3 Å². The van der Waals surface area contributed by atoms with Gasteiger partial charge in [0.1, 0.15) is 0 Å². The van der Waals surface area contributed by atoms with Gasteiger partial charge in [0, 0.05) is 12.8 Å². The Hall–Kier alpha value is -0.240. The standard InChI is InChI=1S/C22H45NO2P/c1-6-8-9-10-11-12-13-14-15-16-17-18-19-20-21-22(7-2,26(24)25)23(3,4)5/h8-9H,6-7,10-21H2,1-5H3/q+1. The fraction of sp³-hybridized carbons (Fsp3) is 0.909. The summed E-state index contributed by atoms with van der Waals surface area (Å²) in [6.07, 6.45) is 21.3. The van der Waals surface area contributed by atoms with E-state index in [9.17, 15) is 9.46 Å². The van der Waals surface area contributed by atoms with Gasteiger partial charge >= 0.3 is 8.03 Å². The van der Waals surface area contributed by atoms with Crippen LogP contribution in [-0.4, -0.2) is 30.9 Å². The number of rotatable bonds is 17. The van der Waals surface area contributed by atoms with Crippen molar-refractivity contribution in [3.05, 3.63) is 12.2 Å². The molecule has 0 radical (unpaired) electrons. The molecule has 0 aliphatic carbocycles. The summed E-state index contributed by atoms with van der Waals surface area (Å²) in [6, 6.07) is 0. The Morgan fingerprint density at radius 3 is 1.65 bits per heavy atom. The minimum Gasteiger partial charge on any atom is -0.590 e. The van der Waals surface area contributed by atoms with Crippen LogP contribution in [0.25, 0.3) is 0 Å². The van der Waals surface area contributed by atoms with Gasteiger partial charge in [-0.05, 0) is 25.7 Å². The van der Waals surface area contributed by atoms with Gasteiger partial charge in [-0.1, -0.05) is 81.9 Å². The molecule has 0 rings (SSSR count). The molecule has 0 aromatic heterocycles. The van der Waals surface area contributed by atoms with Crippen LogP contribution < -0.4 is 4.89 Å². The average Bonchev–Trinajstić information content (AvgIpc) is 2.57. The van der Waals surface area contributed by atoms with Crippen LogP contribution in [0, 0.1) is 0 Å². The summed E-state index contributed by atoms with van der Waals surface area (Å²) < 4.78 is 12.4. The second-order valence-corrected chi connectivity index (χ2v) is 9.91. The van der Waals surface area contributed by atoms with Crippen molar-refractivity contribution in [1.29, 1.82) is 0 Å². The number of hydrogen-bond acceptors (Lipinski definition) is 2. The molecule has 26 heavy (non-hydrogen) atoms. The van der Waals surface area contributed by atoms with Crippen molar-refractivity contribution < 1.29 is 13.9 Å². The third kappa shape index (κ3) is 10.2. The monoisotopic (exact) mass is 386 g/mol. The first kappa shape index (κ1) is 25.8. The van der Waals surface area contributed by atoms with Crippen molar-refractivity contribution in [3.63, 3.8) is 0 Å². The Labute approximate surface area is 164 Å². The fourth-order valence-electron chi connectivity index (χ4n) is 3.82. The number of quaternary nitrogens is 1. The molecule has 2 unspecified atom stereocenters. The van der Waals surface area contributed by atoms with Gasteiger partial charge in [0.15, 0.2) is 0 Å². The molecule has 2 atom stereocenters. The molecule has 0 aliphatic heterocycles. The van der Waals surface area contributed by atoms with Crippen molar-refractivity contribution >= 4 is 8.03 Å². The van der Waals surface area contributed by atoms with Gasteiger partial charge in [-0.15, -0.1) is 0 Å². The van der Waals surface area contributed by atoms with E-state index in [-0.39, 0.29) is 0 Å². The molecule has 0 N–H and O–H groups in total. The zero-order chi connectivity index (χ0) is 19.9. The number of allylic oxidation sites excluding steroid dienone is 2. The predicted molar refractivity (Wildman–Crippen MR) is 113 cm³/mol. The highest BCUT2D eigenvalue weighted by atomic mass is 31.1. The van der Waals surface area contributed by atoms with Gasteiger partial charge in [0.25, 0.3) is 5.28 Å². The molecular weight excluding hydrogens is 341 g/mol. The van der Waals surface area contributed by atoms with Crippen molar-refractivity contribution in [2.75, 3.05) is 21.1 Å². The van der Waals surface area contributed by atoms with Crippen molar-refractivity contribution in [2.45, 2.75) is 109 Å². The molecule has 0 amide bonds. The summed E-state index contributed by atoms with van der Waals surface area (Å²) in [4.78, 5) is 11.9. The summed E-state index contributed by atoms with van der Waals surface area (Å²) >= 11 is 0. The first-order chi connectivity index (χ1) is 12.3. The largest absolute Gasteiger partial charge is 0.590 e. The van der Waals surface area contributed by atoms with E-state index in [0.29, 0.717) is 10.9 Å². The van der Waals surface area contributed by atoms with Crippen molar-refractivity contribution in [3.8, 4) is 0 Å². The highest BCUT2D eigenvalue weighted by Crippen LogP contribution is 2.44. The summed E-state index contributed by atoms with van der Waals surface area (Å²) in [6.45, 7) is 4.19. The molecule has 0 fully saturated rings. The Kier molecular flexibility index (Phi) is 14.6. The molecule has 3 nitrogen and oxygen atoms in total. The highest BCUT2D eigenvalue weighted by Gasteiger charge is 2.52. The normalized spacial score (nSPS) is 15.4. The molecule has 4 heteroatoms. The van der Waals surface area contributed by atoms with Crippen LogP contribution in [0.4, 0.5) is 0 Å². The molecule has 154 valence electrons. The van der Waals surface area contributed by atoms with Crippen LogP contribution in [-0.2, 0) is 4.57 Å². The smallest absolute Gasteiger partial charge is 0.376 e. The van der Waals surface area contributed by atoms with E-state index in [2.05, 4.69) is 19.1 Å². The first-order valence-corrected chi connectivity index (χ1v) is 12.1. The molecular formula is C22H45NO2P+. The zero-order valence-electron chi connectivity index (χ0n) is 18.3.